The molecule has 0 fully saturated rings. The second-order valence-corrected chi connectivity index (χ2v) is 5.42. The van der Waals surface area contributed by atoms with Crippen LogP contribution in [0, 0.1) is 12.8 Å². The van der Waals surface area contributed by atoms with E-state index in [1.165, 1.54) is 12.8 Å². The van der Waals surface area contributed by atoms with Gasteiger partial charge in [0.25, 0.3) is 0 Å². The van der Waals surface area contributed by atoms with Gasteiger partial charge in [0.1, 0.15) is 17.5 Å². The van der Waals surface area contributed by atoms with Gasteiger partial charge in [-0.3, -0.25) is 0 Å². The van der Waals surface area contributed by atoms with E-state index in [1.807, 2.05) is 7.05 Å². The third-order valence-electron chi connectivity index (χ3n) is 3.15. The first-order valence-electron chi connectivity index (χ1n) is 7.37. The molecule has 0 aromatic carbocycles. The highest BCUT2D eigenvalue weighted by atomic mass is 15.1. The van der Waals surface area contributed by atoms with Gasteiger partial charge < -0.3 is 10.6 Å². The van der Waals surface area contributed by atoms with Crippen LogP contribution in [0.25, 0.3) is 0 Å². The Morgan fingerprint density at radius 2 is 1.84 bits per heavy atom. The van der Waals surface area contributed by atoms with Crippen molar-refractivity contribution in [3.8, 4) is 0 Å². The Bertz CT molecular complexity index is 388. The van der Waals surface area contributed by atoms with Gasteiger partial charge >= 0.3 is 0 Å². The van der Waals surface area contributed by atoms with Crippen LogP contribution < -0.4 is 10.6 Å². The highest BCUT2D eigenvalue weighted by Crippen LogP contribution is 2.20. The molecule has 1 aromatic rings. The van der Waals surface area contributed by atoms with E-state index >= 15 is 0 Å². The molecule has 19 heavy (non-hydrogen) atoms. The fourth-order valence-corrected chi connectivity index (χ4v) is 2.03. The van der Waals surface area contributed by atoms with E-state index in [0.29, 0.717) is 0 Å². The zero-order chi connectivity index (χ0) is 14.3. The van der Waals surface area contributed by atoms with Crippen molar-refractivity contribution in [2.75, 3.05) is 24.2 Å². The van der Waals surface area contributed by atoms with E-state index in [4.69, 9.17) is 0 Å². The number of anilines is 2. The number of aryl methyl sites for hydroxylation is 1. The molecular formula is C15H28N4. The lowest BCUT2D eigenvalue weighted by atomic mass is 10.1. The van der Waals surface area contributed by atoms with Crippen LogP contribution in [0.3, 0.4) is 0 Å². The lowest BCUT2D eigenvalue weighted by molar-refractivity contribution is 0.566. The summed E-state index contributed by atoms with van der Waals surface area (Å²) in [4.78, 5) is 9.16. The predicted octanol–water partition coefficient (Wildman–Crippen LogP) is 3.63. The highest BCUT2D eigenvalue weighted by Gasteiger charge is 2.09. The van der Waals surface area contributed by atoms with Gasteiger partial charge in [0.2, 0.25) is 0 Å². The molecule has 0 amide bonds. The van der Waals surface area contributed by atoms with Crippen LogP contribution >= 0.6 is 0 Å². The molecule has 0 aliphatic rings. The summed E-state index contributed by atoms with van der Waals surface area (Å²) in [7, 11) is 1.91. The van der Waals surface area contributed by atoms with Crippen molar-refractivity contribution < 1.29 is 0 Å². The maximum atomic E-state index is 4.63. The smallest absolute Gasteiger partial charge is 0.134 e. The molecule has 0 saturated carbocycles. The van der Waals surface area contributed by atoms with Crippen LogP contribution in [-0.2, 0) is 6.42 Å². The molecule has 2 N–H and O–H groups in total. The Morgan fingerprint density at radius 1 is 1.16 bits per heavy atom. The van der Waals surface area contributed by atoms with Crippen molar-refractivity contribution in [3.63, 3.8) is 0 Å². The molecule has 108 valence electrons. The molecule has 4 heteroatoms. The Morgan fingerprint density at radius 3 is 2.42 bits per heavy atom. The van der Waals surface area contributed by atoms with Crippen molar-refractivity contribution >= 4 is 11.6 Å². The van der Waals surface area contributed by atoms with Gasteiger partial charge in [-0.05, 0) is 32.1 Å². The third-order valence-corrected chi connectivity index (χ3v) is 3.15. The minimum atomic E-state index is 0.761. The molecule has 0 radical (unpaired) electrons. The Balaban J connectivity index is 2.71. The van der Waals surface area contributed by atoms with Gasteiger partial charge in [-0.25, -0.2) is 9.97 Å². The lowest BCUT2D eigenvalue weighted by Crippen LogP contribution is -2.11. The van der Waals surface area contributed by atoms with Crippen molar-refractivity contribution in [2.45, 2.75) is 53.4 Å². The number of nitrogens with zero attached hydrogens (tertiary/aromatic N) is 2. The van der Waals surface area contributed by atoms with E-state index in [9.17, 15) is 0 Å². The van der Waals surface area contributed by atoms with Gasteiger partial charge in [-0.15, -0.1) is 0 Å². The van der Waals surface area contributed by atoms with Gasteiger partial charge in [0, 0.05) is 25.6 Å². The van der Waals surface area contributed by atoms with E-state index in [2.05, 4.69) is 48.3 Å². The van der Waals surface area contributed by atoms with E-state index in [-0.39, 0.29) is 0 Å². The summed E-state index contributed by atoms with van der Waals surface area (Å²) in [6.45, 7) is 9.71. The molecule has 0 aliphatic carbocycles. The van der Waals surface area contributed by atoms with Crippen molar-refractivity contribution in [2.24, 2.45) is 5.92 Å². The molecule has 4 nitrogen and oxygen atoms in total. The zero-order valence-corrected chi connectivity index (χ0v) is 13.0. The molecule has 0 bridgehead atoms. The van der Waals surface area contributed by atoms with Crippen LogP contribution in [0.15, 0.2) is 0 Å². The first-order chi connectivity index (χ1) is 9.08. The average Bonchev–Trinajstić information content (AvgIpc) is 2.37. The Labute approximate surface area is 117 Å². The van der Waals surface area contributed by atoms with Crippen LogP contribution in [0.5, 0.6) is 0 Å². The van der Waals surface area contributed by atoms with Gasteiger partial charge in [0.05, 0.1) is 0 Å². The number of hydrogen-bond donors (Lipinski definition) is 2. The lowest BCUT2D eigenvalue weighted by Gasteiger charge is -2.14. The van der Waals surface area contributed by atoms with Gasteiger partial charge in [-0.2, -0.15) is 0 Å². The molecule has 1 heterocycles. The first-order valence-corrected chi connectivity index (χ1v) is 7.37. The quantitative estimate of drug-likeness (QED) is 0.704. The maximum Gasteiger partial charge on any atom is 0.134 e. The van der Waals surface area contributed by atoms with Crippen LogP contribution in [0.1, 0.15) is 51.4 Å². The molecule has 0 aliphatic heterocycles. The summed E-state index contributed by atoms with van der Waals surface area (Å²) in [6, 6.07) is 0. The highest BCUT2D eigenvalue weighted by molar-refractivity contribution is 5.56. The standard InChI is InChI=1S/C15H28N4/c1-6-8-13-18-14(16-5)12(4)15(19-13)17-10-7-9-11(2)3/h11H,6-10H2,1-5H3,(H2,16,17,18,19). The monoisotopic (exact) mass is 264 g/mol. The third kappa shape index (κ3) is 5.05. The van der Waals surface area contributed by atoms with Gasteiger partial charge in [0.15, 0.2) is 0 Å². The molecule has 0 unspecified atom stereocenters. The topological polar surface area (TPSA) is 49.8 Å². The Kier molecular flexibility index (Phi) is 6.60. The van der Waals surface area contributed by atoms with E-state index in [1.54, 1.807) is 0 Å². The summed E-state index contributed by atoms with van der Waals surface area (Å²) >= 11 is 0. The molecule has 1 aromatic heterocycles. The van der Waals surface area contributed by atoms with Crippen molar-refractivity contribution in [1.82, 2.24) is 9.97 Å². The normalized spacial score (nSPS) is 10.8. The second-order valence-electron chi connectivity index (χ2n) is 5.42. The molecule has 1 rings (SSSR count). The van der Waals surface area contributed by atoms with Crippen molar-refractivity contribution in [1.29, 1.82) is 0 Å². The van der Waals surface area contributed by atoms with Gasteiger partial charge in [-0.1, -0.05) is 20.8 Å². The van der Waals surface area contributed by atoms with Crippen LogP contribution in [0.4, 0.5) is 11.6 Å². The Hall–Kier alpha value is -1.32. The molecule has 0 atom stereocenters. The van der Waals surface area contributed by atoms with Crippen LogP contribution in [-0.4, -0.2) is 23.6 Å². The second kappa shape index (κ2) is 7.97. The first kappa shape index (κ1) is 15.7. The summed E-state index contributed by atoms with van der Waals surface area (Å²) in [5, 5.41) is 6.60. The summed E-state index contributed by atoms with van der Waals surface area (Å²) in [5.74, 6) is 3.59. The molecular weight excluding hydrogens is 236 g/mol. The van der Waals surface area contributed by atoms with E-state index < -0.39 is 0 Å². The number of nitrogens with one attached hydrogen (secondary N) is 2. The molecule has 0 saturated heterocycles. The summed E-state index contributed by atoms with van der Waals surface area (Å²) in [6.07, 6.45) is 4.42. The average molecular weight is 264 g/mol. The maximum absolute atomic E-state index is 4.63. The molecule has 0 spiro atoms. The van der Waals surface area contributed by atoms with E-state index in [0.717, 1.165) is 48.3 Å². The van der Waals surface area contributed by atoms with Crippen molar-refractivity contribution in [3.05, 3.63) is 11.4 Å². The minimum absolute atomic E-state index is 0.761. The minimum Gasteiger partial charge on any atom is -0.373 e. The fourth-order valence-electron chi connectivity index (χ4n) is 2.03. The summed E-state index contributed by atoms with van der Waals surface area (Å²) < 4.78 is 0. The number of hydrogen-bond acceptors (Lipinski definition) is 4. The predicted molar refractivity (Wildman–Crippen MR) is 82.9 cm³/mol. The zero-order valence-electron chi connectivity index (χ0n) is 13.0. The summed E-state index contributed by atoms with van der Waals surface area (Å²) in [5.41, 5.74) is 1.10. The van der Waals surface area contributed by atoms with Crippen LogP contribution in [0.2, 0.25) is 0 Å². The SMILES string of the molecule is CCCc1nc(NC)c(C)c(NCCCC(C)C)n1. The largest absolute Gasteiger partial charge is 0.373 e. The number of rotatable bonds is 8. The fraction of sp³-hybridized carbons (Fsp3) is 0.733. The number of aromatic nitrogens is 2.